The summed E-state index contributed by atoms with van der Waals surface area (Å²) in [6.07, 6.45) is 1.85. The summed E-state index contributed by atoms with van der Waals surface area (Å²) >= 11 is 0. The number of carbonyl (C=O) groups is 1. The van der Waals surface area contributed by atoms with Gasteiger partial charge in [-0.15, -0.1) is 0 Å². The van der Waals surface area contributed by atoms with Gasteiger partial charge in [-0.3, -0.25) is 4.79 Å². The van der Waals surface area contributed by atoms with Crippen LogP contribution in [-0.4, -0.2) is 37.7 Å². The van der Waals surface area contributed by atoms with Crippen molar-refractivity contribution in [2.24, 2.45) is 11.8 Å². The standard InChI is InChI=1S/C12H22N2O2/c1-9(10-7-13-8-10)11(15)14-12(2)3-5-16-6-4-12/h9-10,13H,3-8H2,1-2H3,(H,14,15). The van der Waals surface area contributed by atoms with Crippen LogP contribution in [0.15, 0.2) is 0 Å². The van der Waals surface area contributed by atoms with E-state index in [-0.39, 0.29) is 17.4 Å². The average molecular weight is 226 g/mol. The summed E-state index contributed by atoms with van der Waals surface area (Å²) < 4.78 is 5.33. The third kappa shape index (κ3) is 2.55. The van der Waals surface area contributed by atoms with Gasteiger partial charge in [-0.1, -0.05) is 6.92 Å². The zero-order valence-electron chi connectivity index (χ0n) is 10.2. The fraction of sp³-hybridized carbons (Fsp3) is 0.917. The monoisotopic (exact) mass is 226 g/mol. The Bertz CT molecular complexity index is 258. The molecule has 2 fully saturated rings. The Kier molecular flexibility index (Phi) is 3.50. The minimum atomic E-state index is -0.0548. The first-order valence-electron chi connectivity index (χ1n) is 6.21. The third-order valence-electron chi connectivity index (χ3n) is 3.96. The first-order chi connectivity index (χ1) is 7.61. The molecule has 2 aliphatic rings. The van der Waals surface area contributed by atoms with Crippen LogP contribution in [0.5, 0.6) is 0 Å². The van der Waals surface area contributed by atoms with E-state index < -0.39 is 0 Å². The molecule has 2 heterocycles. The van der Waals surface area contributed by atoms with Gasteiger partial charge in [0.25, 0.3) is 0 Å². The van der Waals surface area contributed by atoms with Crippen molar-refractivity contribution in [2.75, 3.05) is 26.3 Å². The maximum atomic E-state index is 12.1. The minimum Gasteiger partial charge on any atom is -0.381 e. The van der Waals surface area contributed by atoms with Crippen LogP contribution in [0.25, 0.3) is 0 Å². The van der Waals surface area contributed by atoms with E-state index in [4.69, 9.17) is 4.74 Å². The van der Waals surface area contributed by atoms with Crippen molar-refractivity contribution in [3.05, 3.63) is 0 Å². The largest absolute Gasteiger partial charge is 0.381 e. The van der Waals surface area contributed by atoms with Gasteiger partial charge in [0.1, 0.15) is 0 Å². The Balaban J connectivity index is 1.85. The first-order valence-corrected chi connectivity index (χ1v) is 6.21. The van der Waals surface area contributed by atoms with E-state index in [0.717, 1.165) is 39.1 Å². The van der Waals surface area contributed by atoms with Gasteiger partial charge in [0, 0.05) is 24.7 Å². The molecule has 0 aromatic heterocycles. The summed E-state index contributed by atoms with van der Waals surface area (Å²) in [5, 5.41) is 6.41. The van der Waals surface area contributed by atoms with E-state index in [1.807, 2.05) is 6.92 Å². The molecule has 92 valence electrons. The summed E-state index contributed by atoms with van der Waals surface area (Å²) in [7, 11) is 0. The second-order valence-electron chi connectivity index (χ2n) is 5.37. The fourth-order valence-corrected chi connectivity index (χ4v) is 2.24. The number of amides is 1. The Morgan fingerprint density at radius 2 is 2.06 bits per heavy atom. The Morgan fingerprint density at radius 3 is 2.56 bits per heavy atom. The molecule has 1 amide bonds. The molecule has 0 spiro atoms. The van der Waals surface area contributed by atoms with Crippen LogP contribution in [0.1, 0.15) is 26.7 Å². The quantitative estimate of drug-likeness (QED) is 0.738. The molecule has 1 atom stereocenters. The number of hydrogen-bond donors (Lipinski definition) is 2. The van der Waals surface area contributed by atoms with Crippen LogP contribution in [0, 0.1) is 11.8 Å². The highest BCUT2D eigenvalue weighted by molar-refractivity contribution is 5.79. The van der Waals surface area contributed by atoms with Crippen molar-refractivity contribution >= 4 is 5.91 Å². The van der Waals surface area contributed by atoms with E-state index in [1.54, 1.807) is 0 Å². The third-order valence-corrected chi connectivity index (χ3v) is 3.96. The number of ether oxygens (including phenoxy) is 1. The van der Waals surface area contributed by atoms with E-state index in [0.29, 0.717) is 5.92 Å². The maximum absolute atomic E-state index is 12.1. The molecular formula is C12H22N2O2. The van der Waals surface area contributed by atoms with Crippen LogP contribution in [0.2, 0.25) is 0 Å². The molecular weight excluding hydrogens is 204 g/mol. The van der Waals surface area contributed by atoms with Crippen molar-refractivity contribution in [1.82, 2.24) is 10.6 Å². The van der Waals surface area contributed by atoms with Gasteiger partial charge in [0.05, 0.1) is 0 Å². The lowest BCUT2D eigenvalue weighted by atomic mass is 9.86. The molecule has 4 heteroatoms. The van der Waals surface area contributed by atoms with Gasteiger partial charge >= 0.3 is 0 Å². The van der Waals surface area contributed by atoms with Crippen LogP contribution >= 0.6 is 0 Å². The van der Waals surface area contributed by atoms with Crippen molar-refractivity contribution in [2.45, 2.75) is 32.2 Å². The lowest BCUT2D eigenvalue weighted by molar-refractivity contribution is -0.129. The molecule has 0 bridgehead atoms. The van der Waals surface area contributed by atoms with Gasteiger partial charge < -0.3 is 15.4 Å². The Labute approximate surface area is 97.1 Å². The average Bonchev–Trinajstić information content (AvgIpc) is 2.15. The molecule has 2 rings (SSSR count). The van der Waals surface area contributed by atoms with Crippen LogP contribution < -0.4 is 10.6 Å². The molecule has 0 saturated carbocycles. The molecule has 1 unspecified atom stereocenters. The highest BCUT2D eigenvalue weighted by atomic mass is 16.5. The zero-order chi connectivity index (χ0) is 11.6. The van der Waals surface area contributed by atoms with Gasteiger partial charge in [-0.2, -0.15) is 0 Å². The second kappa shape index (κ2) is 4.72. The predicted octanol–water partition coefficient (Wildman–Crippen LogP) is 0.527. The normalized spacial score (nSPS) is 26.9. The molecule has 2 N–H and O–H groups in total. The highest BCUT2D eigenvalue weighted by Gasteiger charge is 2.34. The zero-order valence-corrected chi connectivity index (χ0v) is 10.2. The smallest absolute Gasteiger partial charge is 0.223 e. The van der Waals surface area contributed by atoms with E-state index >= 15 is 0 Å². The molecule has 0 aromatic rings. The van der Waals surface area contributed by atoms with Crippen LogP contribution in [-0.2, 0) is 9.53 Å². The van der Waals surface area contributed by atoms with Gasteiger partial charge in [0.15, 0.2) is 0 Å². The summed E-state index contributed by atoms with van der Waals surface area (Å²) in [5.74, 6) is 0.847. The SMILES string of the molecule is CC(C(=O)NC1(C)CCOCC1)C1CNC1. The Hall–Kier alpha value is -0.610. The fourth-order valence-electron chi connectivity index (χ4n) is 2.24. The number of rotatable bonds is 3. The minimum absolute atomic E-state index is 0.0548. The van der Waals surface area contributed by atoms with Gasteiger partial charge in [-0.25, -0.2) is 0 Å². The molecule has 4 nitrogen and oxygen atoms in total. The molecule has 0 aromatic carbocycles. The second-order valence-corrected chi connectivity index (χ2v) is 5.37. The predicted molar refractivity (Wildman–Crippen MR) is 62.1 cm³/mol. The lowest BCUT2D eigenvalue weighted by Gasteiger charge is -2.38. The molecule has 0 radical (unpaired) electrons. The summed E-state index contributed by atoms with van der Waals surface area (Å²) in [5.41, 5.74) is -0.0548. The van der Waals surface area contributed by atoms with Gasteiger partial charge in [0.2, 0.25) is 5.91 Å². The summed E-state index contributed by atoms with van der Waals surface area (Å²) in [6.45, 7) is 7.64. The number of nitrogens with one attached hydrogen (secondary N) is 2. The van der Waals surface area contributed by atoms with Crippen molar-refractivity contribution in [3.63, 3.8) is 0 Å². The lowest BCUT2D eigenvalue weighted by Crippen LogP contribution is -2.55. The molecule has 0 aliphatic carbocycles. The molecule has 2 aliphatic heterocycles. The van der Waals surface area contributed by atoms with E-state index in [2.05, 4.69) is 17.6 Å². The number of carbonyl (C=O) groups excluding carboxylic acids is 1. The van der Waals surface area contributed by atoms with Crippen molar-refractivity contribution < 1.29 is 9.53 Å². The maximum Gasteiger partial charge on any atom is 0.223 e. The highest BCUT2D eigenvalue weighted by Crippen LogP contribution is 2.22. The van der Waals surface area contributed by atoms with Crippen molar-refractivity contribution in [1.29, 1.82) is 0 Å². The van der Waals surface area contributed by atoms with Crippen molar-refractivity contribution in [3.8, 4) is 0 Å². The number of hydrogen-bond acceptors (Lipinski definition) is 3. The Morgan fingerprint density at radius 1 is 1.44 bits per heavy atom. The molecule has 16 heavy (non-hydrogen) atoms. The van der Waals surface area contributed by atoms with Crippen LogP contribution in [0.3, 0.4) is 0 Å². The first kappa shape index (κ1) is 11.9. The van der Waals surface area contributed by atoms with E-state index in [9.17, 15) is 4.79 Å². The van der Waals surface area contributed by atoms with Gasteiger partial charge in [-0.05, 0) is 38.8 Å². The molecule has 2 saturated heterocycles. The summed E-state index contributed by atoms with van der Waals surface area (Å²) in [6, 6.07) is 0. The topological polar surface area (TPSA) is 50.4 Å². The van der Waals surface area contributed by atoms with E-state index in [1.165, 1.54) is 0 Å². The van der Waals surface area contributed by atoms with Crippen LogP contribution in [0.4, 0.5) is 0 Å². The summed E-state index contributed by atoms with van der Waals surface area (Å²) in [4.78, 5) is 12.1.